The zero-order valence-corrected chi connectivity index (χ0v) is 8.69. The van der Waals surface area contributed by atoms with Gasteiger partial charge in [-0.1, -0.05) is 17.2 Å². The first-order chi connectivity index (χ1) is 6.11. The molecule has 0 aliphatic heterocycles. The second kappa shape index (κ2) is 4.50. The van der Waals surface area contributed by atoms with E-state index in [1.54, 1.807) is 0 Å². The fraction of sp³-hybridized carbons (Fsp3) is 0.500. The lowest BCUT2D eigenvalue weighted by atomic mass is 9.79. The summed E-state index contributed by atoms with van der Waals surface area (Å²) >= 11 is 0. The van der Waals surface area contributed by atoms with E-state index < -0.39 is 0 Å². The molecule has 13 heavy (non-hydrogen) atoms. The summed E-state index contributed by atoms with van der Waals surface area (Å²) < 4.78 is 0. The van der Waals surface area contributed by atoms with Crippen molar-refractivity contribution in [1.82, 2.24) is 0 Å². The van der Waals surface area contributed by atoms with Crippen LogP contribution in [-0.2, 0) is 0 Å². The van der Waals surface area contributed by atoms with Crippen LogP contribution in [0.5, 0.6) is 0 Å². The molecule has 0 fully saturated rings. The Morgan fingerprint density at radius 3 is 2.46 bits per heavy atom. The van der Waals surface area contributed by atoms with Gasteiger partial charge in [0, 0.05) is 0 Å². The van der Waals surface area contributed by atoms with Crippen molar-refractivity contribution in [2.45, 2.75) is 39.5 Å². The molecule has 0 saturated carbocycles. The Morgan fingerprint density at radius 2 is 1.92 bits per heavy atom. The van der Waals surface area contributed by atoms with E-state index in [0.29, 0.717) is 0 Å². The smallest absolute Gasteiger partial charge is 0.106 e. The Bertz CT molecular complexity index is 265. The highest BCUT2D eigenvalue weighted by Crippen LogP contribution is 2.29. The monoisotopic (exact) mass is 172 g/mol. The van der Waals surface area contributed by atoms with E-state index in [1.165, 1.54) is 29.6 Å². The Kier molecular flexibility index (Phi) is 3.59. The Hall–Kier alpha value is -0.715. The quantitative estimate of drug-likeness (QED) is 0.559. The maximum atomic E-state index is 5.75. The van der Waals surface area contributed by atoms with Crippen LogP contribution in [0.3, 0.4) is 0 Å². The Balaban J connectivity index is 2.97. The van der Waals surface area contributed by atoms with Crippen LogP contribution < -0.4 is 0 Å². The van der Waals surface area contributed by atoms with Gasteiger partial charge in [-0.15, -0.1) is 12.1 Å². The Labute approximate surface area is 82.8 Å². The van der Waals surface area contributed by atoms with Gasteiger partial charge >= 0.3 is 0 Å². The molecule has 0 spiro atoms. The molecular weight excluding hydrogens is 155 g/mol. The standard InChI is InChI=1S/C12H17B/c1-9(2)8-11-6-4-5-7-12(11)10(3)13/h8H,3-7H2,1-2H3. The summed E-state index contributed by atoms with van der Waals surface area (Å²) in [5.74, 6) is 0. The summed E-state index contributed by atoms with van der Waals surface area (Å²) in [6, 6.07) is 0. The van der Waals surface area contributed by atoms with Crippen LogP contribution in [0.15, 0.2) is 34.8 Å². The van der Waals surface area contributed by atoms with Gasteiger partial charge in [-0.05, 0) is 45.1 Å². The van der Waals surface area contributed by atoms with E-state index in [2.05, 4.69) is 26.5 Å². The lowest BCUT2D eigenvalue weighted by Gasteiger charge is -2.19. The van der Waals surface area contributed by atoms with Crippen molar-refractivity contribution in [2.75, 3.05) is 0 Å². The van der Waals surface area contributed by atoms with Crippen LogP contribution in [0.1, 0.15) is 39.5 Å². The van der Waals surface area contributed by atoms with Crippen molar-refractivity contribution < 1.29 is 0 Å². The lowest BCUT2D eigenvalue weighted by molar-refractivity contribution is 0.691. The summed E-state index contributed by atoms with van der Waals surface area (Å²) in [5, 5.41) is 0. The van der Waals surface area contributed by atoms with Gasteiger partial charge in [-0.2, -0.15) is 0 Å². The van der Waals surface area contributed by atoms with Crippen molar-refractivity contribution in [3.8, 4) is 0 Å². The van der Waals surface area contributed by atoms with Crippen LogP contribution >= 0.6 is 0 Å². The topological polar surface area (TPSA) is 0 Å². The highest BCUT2D eigenvalue weighted by atomic mass is 14.1. The third kappa shape index (κ3) is 2.91. The molecule has 0 N–H and O–H groups in total. The van der Waals surface area contributed by atoms with Gasteiger partial charge in [0.25, 0.3) is 0 Å². The SMILES string of the molecule is [B]C(=C)C1=C(C=C(C)C)CCCC1. The predicted molar refractivity (Wildman–Crippen MR) is 59.8 cm³/mol. The number of allylic oxidation sites excluding steroid dienone is 5. The van der Waals surface area contributed by atoms with Crippen molar-refractivity contribution >= 4 is 7.85 Å². The van der Waals surface area contributed by atoms with E-state index in [0.717, 1.165) is 18.3 Å². The predicted octanol–water partition coefficient (Wildman–Crippen LogP) is 3.51. The normalized spacial score (nSPS) is 17.1. The van der Waals surface area contributed by atoms with Crippen molar-refractivity contribution in [3.63, 3.8) is 0 Å². The summed E-state index contributed by atoms with van der Waals surface area (Å²) in [6.07, 6.45) is 7.05. The number of rotatable bonds is 2. The average Bonchev–Trinajstić information content (AvgIpc) is 2.03. The molecule has 1 heteroatoms. The van der Waals surface area contributed by atoms with Gasteiger partial charge < -0.3 is 0 Å². The average molecular weight is 172 g/mol. The second-order valence-electron chi connectivity index (χ2n) is 3.96. The van der Waals surface area contributed by atoms with E-state index >= 15 is 0 Å². The van der Waals surface area contributed by atoms with Gasteiger partial charge in [0.15, 0.2) is 0 Å². The fourth-order valence-electron chi connectivity index (χ4n) is 1.80. The molecule has 0 aromatic rings. The van der Waals surface area contributed by atoms with Crippen molar-refractivity contribution in [3.05, 3.63) is 34.8 Å². The summed E-state index contributed by atoms with van der Waals surface area (Å²) in [6.45, 7) is 8.07. The molecular formula is C12H17B. The molecule has 1 aliphatic carbocycles. The van der Waals surface area contributed by atoms with Gasteiger partial charge in [0.2, 0.25) is 0 Å². The highest BCUT2D eigenvalue weighted by Gasteiger charge is 2.10. The number of hydrogen-bond donors (Lipinski definition) is 0. The summed E-state index contributed by atoms with van der Waals surface area (Å²) in [5.41, 5.74) is 4.79. The first-order valence-electron chi connectivity index (χ1n) is 4.93. The van der Waals surface area contributed by atoms with E-state index in [9.17, 15) is 0 Å². The maximum Gasteiger partial charge on any atom is 0.113 e. The van der Waals surface area contributed by atoms with Crippen LogP contribution in [0.2, 0.25) is 0 Å². The molecule has 0 aromatic carbocycles. The van der Waals surface area contributed by atoms with Gasteiger partial charge in [-0.25, -0.2) is 0 Å². The van der Waals surface area contributed by atoms with Crippen molar-refractivity contribution in [1.29, 1.82) is 0 Å². The minimum absolute atomic E-state index is 0.757. The Morgan fingerprint density at radius 1 is 1.31 bits per heavy atom. The first kappa shape index (κ1) is 10.4. The third-order valence-corrected chi connectivity index (χ3v) is 2.36. The molecule has 0 nitrogen and oxygen atoms in total. The molecule has 2 radical (unpaired) electrons. The zero-order chi connectivity index (χ0) is 9.84. The molecule has 0 unspecified atom stereocenters. The van der Waals surface area contributed by atoms with Gasteiger partial charge in [0.1, 0.15) is 7.85 Å². The first-order valence-corrected chi connectivity index (χ1v) is 4.93. The van der Waals surface area contributed by atoms with Crippen LogP contribution in [0.25, 0.3) is 0 Å². The second-order valence-corrected chi connectivity index (χ2v) is 3.96. The minimum atomic E-state index is 0.757. The van der Waals surface area contributed by atoms with Crippen LogP contribution in [-0.4, -0.2) is 7.85 Å². The largest absolute Gasteiger partial charge is 0.113 e. The molecule has 1 aliphatic rings. The van der Waals surface area contributed by atoms with Crippen LogP contribution in [0.4, 0.5) is 0 Å². The van der Waals surface area contributed by atoms with E-state index in [4.69, 9.17) is 7.85 Å². The summed E-state index contributed by atoms with van der Waals surface area (Å²) in [4.78, 5) is 0. The molecule has 0 amide bonds. The van der Waals surface area contributed by atoms with E-state index in [1.807, 2.05) is 0 Å². The van der Waals surface area contributed by atoms with Gasteiger partial charge in [0.05, 0.1) is 0 Å². The van der Waals surface area contributed by atoms with Crippen molar-refractivity contribution in [2.24, 2.45) is 0 Å². The molecule has 0 heterocycles. The van der Waals surface area contributed by atoms with Crippen LogP contribution in [0, 0.1) is 0 Å². The highest BCUT2D eigenvalue weighted by molar-refractivity contribution is 6.24. The maximum absolute atomic E-state index is 5.75. The molecule has 1 rings (SSSR count). The zero-order valence-electron chi connectivity index (χ0n) is 8.69. The molecule has 0 bridgehead atoms. The molecule has 68 valence electrons. The van der Waals surface area contributed by atoms with E-state index in [-0.39, 0.29) is 0 Å². The molecule has 0 saturated heterocycles. The van der Waals surface area contributed by atoms with Gasteiger partial charge in [-0.3, -0.25) is 0 Å². The third-order valence-electron chi connectivity index (χ3n) is 2.36. The fourth-order valence-corrected chi connectivity index (χ4v) is 1.80. The molecule has 0 atom stereocenters. The minimum Gasteiger partial charge on any atom is -0.106 e. The lowest BCUT2D eigenvalue weighted by Crippen LogP contribution is -2.00. The molecule has 0 aromatic heterocycles. The number of hydrogen-bond acceptors (Lipinski definition) is 0. The summed E-state index contributed by atoms with van der Waals surface area (Å²) in [7, 11) is 5.75.